The zero-order valence-electron chi connectivity index (χ0n) is 18.4. The van der Waals surface area contributed by atoms with Gasteiger partial charge in [-0.3, -0.25) is 9.59 Å². The number of nitrogens with zero attached hydrogens (tertiary/aromatic N) is 2. The monoisotopic (exact) mass is 466 g/mol. The highest BCUT2D eigenvalue weighted by atomic mass is 19.4. The Morgan fingerprint density at radius 2 is 1.30 bits per heavy atom. The fourth-order valence-corrected chi connectivity index (χ4v) is 3.44. The Labute approximate surface area is 189 Å². The molecule has 0 atom stereocenters. The third kappa shape index (κ3) is 6.61. The van der Waals surface area contributed by atoms with Crippen LogP contribution in [0.15, 0.2) is 42.5 Å². The quantitative estimate of drug-likeness (QED) is 0.626. The summed E-state index contributed by atoms with van der Waals surface area (Å²) < 4.78 is 51.6. The highest BCUT2D eigenvalue weighted by molar-refractivity contribution is 5.96. The lowest BCUT2D eigenvalue weighted by Crippen LogP contribution is -2.50. The van der Waals surface area contributed by atoms with Gasteiger partial charge in [0, 0.05) is 43.4 Å². The molecule has 1 aliphatic rings. The molecule has 2 aromatic rings. The van der Waals surface area contributed by atoms with Crippen molar-refractivity contribution in [1.29, 1.82) is 0 Å². The van der Waals surface area contributed by atoms with E-state index >= 15 is 0 Å². The second-order valence-electron chi connectivity index (χ2n) is 7.49. The molecule has 33 heavy (non-hydrogen) atoms. The van der Waals surface area contributed by atoms with Crippen LogP contribution in [-0.2, 0) is 11.3 Å². The molecule has 0 spiro atoms. The van der Waals surface area contributed by atoms with Gasteiger partial charge in [-0.15, -0.1) is 0 Å². The molecule has 1 fully saturated rings. The number of amides is 2. The van der Waals surface area contributed by atoms with Crippen molar-refractivity contribution >= 4 is 11.8 Å². The Hall–Kier alpha value is -3.27. The van der Waals surface area contributed by atoms with Gasteiger partial charge >= 0.3 is 6.18 Å². The number of halogens is 3. The van der Waals surface area contributed by atoms with Crippen molar-refractivity contribution in [2.45, 2.75) is 12.8 Å². The number of hydrogen-bond donors (Lipinski definition) is 0. The van der Waals surface area contributed by atoms with Crippen molar-refractivity contribution in [1.82, 2.24) is 9.80 Å². The van der Waals surface area contributed by atoms with Crippen molar-refractivity contribution in [3.05, 3.63) is 59.2 Å². The summed E-state index contributed by atoms with van der Waals surface area (Å²) in [7, 11) is 3.02. The van der Waals surface area contributed by atoms with Crippen LogP contribution < -0.4 is 9.47 Å². The van der Waals surface area contributed by atoms with E-state index in [1.807, 2.05) is 0 Å². The van der Waals surface area contributed by atoms with Crippen LogP contribution in [-0.4, -0.2) is 74.8 Å². The number of carbonyl (C=O) groups excluding carboxylic acids is 2. The maximum absolute atomic E-state index is 12.9. The molecule has 0 unspecified atom stereocenters. The molecule has 1 saturated heterocycles. The number of methoxy groups -OCH3 is 2. The molecule has 178 valence electrons. The molecule has 2 amide bonds. The minimum atomic E-state index is -4.38. The number of piperazine rings is 1. The van der Waals surface area contributed by atoms with Gasteiger partial charge in [-0.2, -0.15) is 13.2 Å². The first-order valence-corrected chi connectivity index (χ1v) is 10.2. The maximum atomic E-state index is 12.9. The Balaban J connectivity index is 1.55. The number of hydrogen-bond acceptors (Lipinski definition) is 5. The predicted octanol–water partition coefficient (Wildman–Crippen LogP) is 3.38. The highest BCUT2D eigenvalue weighted by Gasteiger charge is 2.28. The van der Waals surface area contributed by atoms with Gasteiger partial charge in [-0.1, -0.05) is 12.1 Å². The van der Waals surface area contributed by atoms with Crippen LogP contribution in [0.25, 0.3) is 0 Å². The minimum absolute atomic E-state index is 0.178. The average Bonchev–Trinajstić information content (AvgIpc) is 2.82. The van der Waals surface area contributed by atoms with Crippen LogP contribution in [0, 0.1) is 0 Å². The standard InChI is InChI=1S/C23H25F3N2O5/c1-31-19-11-18(12-20(13-19)32-2)22(30)28-9-7-27(8-10-28)21(29)17-5-3-16(4-6-17)14-33-15-23(24,25)26/h3-6,11-13H,7-10,14-15H2,1-2H3. The third-order valence-electron chi connectivity index (χ3n) is 5.19. The minimum Gasteiger partial charge on any atom is -0.497 e. The molecule has 1 heterocycles. The van der Waals surface area contributed by atoms with Gasteiger partial charge in [0.2, 0.25) is 0 Å². The summed E-state index contributed by atoms with van der Waals surface area (Å²) in [5, 5.41) is 0. The smallest absolute Gasteiger partial charge is 0.411 e. The second-order valence-corrected chi connectivity index (χ2v) is 7.49. The molecule has 2 aromatic carbocycles. The molecule has 0 saturated carbocycles. The summed E-state index contributed by atoms with van der Waals surface area (Å²) in [5.74, 6) is 0.646. The van der Waals surface area contributed by atoms with Crippen molar-refractivity contribution in [2.75, 3.05) is 47.0 Å². The van der Waals surface area contributed by atoms with E-state index < -0.39 is 12.8 Å². The summed E-state index contributed by atoms with van der Waals surface area (Å²) in [6.07, 6.45) is -4.38. The van der Waals surface area contributed by atoms with Crippen LogP contribution in [0.4, 0.5) is 13.2 Å². The van der Waals surface area contributed by atoms with E-state index in [4.69, 9.17) is 9.47 Å². The van der Waals surface area contributed by atoms with Crippen LogP contribution in [0.2, 0.25) is 0 Å². The van der Waals surface area contributed by atoms with Crippen LogP contribution in [0.1, 0.15) is 26.3 Å². The molecule has 1 aliphatic heterocycles. The van der Waals surface area contributed by atoms with Gasteiger partial charge in [0.25, 0.3) is 11.8 Å². The number of ether oxygens (including phenoxy) is 3. The van der Waals surface area contributed by atoms with E-state index in [1.165, 1.54) is 14.2 Å². The average molecular weight is 466 g/mol. The highest BCUT2D eigenvalue weighted by Crippen LogP contribution is 2.24. The lowest BCUT2D eigenvalue weighted by atomic mass is 10.1. The van der Waals surface area contributed by atoms with E-state index in [2.05, 4.69) is 4.74 Å². The van der Waals surface area contributed by atoms with Gasteiger partial charge in [0.1, 0.15) is 18.1 Å². The fourth-order valence-electron chi connectivity index (χ4n) is 3.44. The third-order valence-corrected chi connectivity index (χ3v) is 5.19. The Bertz CT molecular complexity index is 949. The first-order valence-electron chi connectivity index (χ1n) is 10.2. The van der Waals surface area contributed by atoms with Gasteiger partial charge in [-0.25, -0.2) is 0 Å². The molecule has 0 aliphatic carbocycles. The molecule has 3 rings (SSSR count). The van der Waals surface area contributed by atoms with Crippen molar-refractivity contribution in [3.8, 4) is 11.5 Å². The second kappa shape index (κ2) is 10.6. The van der Waals surface area contributed by atoms with Crippen LogP contribution >= 0.6 is 0 Å². The molecule has 10 heteroatoms. The number of rotatable bonds is 7. The maximum Gasteiger partial charge on any atom is 0.411 e. The summed E-state index contributed by atoms with van der Waals surface area (Å²) in [6.45, 7) is -0.0474. The van der Waals surface area contributed by atoms with Crippen LogP contribution in [0.3, 0.4) is 0 Å². The van der Waals surface area contributed by atoms with Crippen LogP contribution in [0.5, 0.6) is 11.5 Å². The molecule has 0 aromatic heterocycles. The summed E-state index contributed by atoms with van der Waals surface area (Å²) in [4.78, 5) is 29.0. The SMILES string of the molecule is COc1cc(OC)cc(C(=O)N2CCN(C(=O)c3ccc(COCC(F)(F)F)cc3)CC2)c1. The fraction of sp³-hybridized carbons (Fsp3) is 0.391. The van der Waals surface area contributed by atoms with E-state index in [0.29, 0.717) is 54.4 Å². The Kier molecular flexibility index (Phi) is 7.80. The number of alkyl halides is 3. The molecule has 0 bridgehead atoms. The van der Waals surface area contributed by atoms with E-state index in [0.717, 1.165) is 0 Å². The zero-order valence-corrected chi connectivity index (χ0v) is 18.4. The zero-order chi connectivity index (χ0) is 24.0. The summed E-state index contributed by atoms with van der Waals surface area (Å²) >= 11 is 0. The molecular weight excluding hydrogens is 441 g/mol. The van der Waals surface area contributed by atoms with Gasteiger partial charge in [0.15, 0.2) is 0 Å². The topological polar surface area (TPSA) is 68.3 Å². The lowest BCUT2D eigenvalue weighted by Gasteiger charge is -2.35. The van der Waals surface area contributed by atoms with E-state index in [1.54, 1.807) is 52.3 Å². The normalized spacial score (nSPS) is 14.2. The van der Waals surface area contributed by atoms with Gasteiger partial charge < -0.3 is 24.0 Å². The number of carbonyl (C=O) groups is 2. The summed E-state index contributed by atoms with van der Waals surface area (Å²) in [6, 6.07) is 11.2. The molecule has 7 nitrogen and oxygen atoms in total. The van der Waals surface area contributed by atoms with E-state index in [-0.39, 0.29) is 18.4 Å². The molecule has 0 radical (unpaired) electrons. The molecular formula is C23H25F3N2O5. The number of benzene rings is 2. The first kappa shape index (κ1) is 24.4. The summed E-state index contributed by atoms with van der Waals surface area (Å²) in [5.41, 5.74) is 1.40. The molecule has 0 N–H and O–H groups in total. The predicted molar refractivity (Wildman–Crippen MR) is 114 cm³/mol. The van der Waals surface area contributed by atoms with Gasteiger partial charge in [0.05, 0.1) is 20.8 Å². The van der Waals surface area contributed by atoms with E-state index in [9.17, 15) is 22.8 Å². The largest absolute Gasteiger partial charge is 0.497 e. The first-order chi connectivity index (χ1) is 15.7. The lowest BCUT2D eigenvalue weighted by molar-refractivity contribution is -0.176. The van der Waals surface area contributed by atoms with Crippen molar-refractivity contribution < 1.29 is 37.0 Å². The Morgan fingerprint density at radius 3 is 1.76 bits per heavy atom. The van der Waals surface area contributed by atoms with Gasteiger partial charge in [-0.05, 0) is 29.8 Å². The van der Waals surface area contributed by atoms with Crippen molar-refractivity contribution in [3.63, 3.8) is 0 Å². The Morgan fingerprint density at radius 1 is 0.818 bits per heavy atom. The van der Waals surface area contributed by atoms with Crippen molar-refractivity contribution in [2.24, 2.45) is 0 Å².